The number of nitrogens with two attached hydrogens (primary N) is 1. The molecule has 1 heterocycles. The van der Waals surface area contributed by atoms with Crippen molar-refractivity contribution >= 4 is 5.82 Å². The third-order valence-corrected chi connectivity index (χ3v) is 0.688. The number of nitrogen functional groups attached to an aromatic ring is 1. The van der Waals surface area contributed by atoms with E-state index in [9.17, 15) is 0 Å². The molecule has 6 nitrogen and oxygen atoms in total. The fourth-order valence-electron chi connectivity index (χ4n) is 0.376. The van der Waals surface area contributed by atoms with E-state index in [1.807, 2.05) is 12.1 Å². The lowest BCUT2D eigenvalue weighted by atomic mass is 10.5. The van der Waals surface area contributed by atoms with E-state index in [2.05, 4.69) is 4.98 Å². The fraction of sp³-hybridized carbons (Fsp3) is 0. The van der Waals surface area contributed by atoms with Crippen molar-refractivity contribution in [3.05, 3.63) is 34.5 Å². The summed E-state index contributed by atoms with van der Waals surface area (Å²) >= 11 is 0. The van der Waals surface area contributed by atoms with E-state index in [0.717, 1.165) is 0 Å². The molecule has 0 aliphatic heterocycles. The Labute approximate surface area is 62.4 Å². The van der Waals surface area contributed by atoms with E-state index in [-0.39, 0.29) is 0 Å². The molecule has 0 aliphatic carbocycles. The van der Waals surface area contributed by atoms with Gasteiger partial charge in [-0.3, -0.25) is 0 Å². The van der Waals surface area contributed by atoms with Gasteiger partial charge in [0.1, 0.15) is 5.82 Å². The van der Waals surface area contributed by atoms with Crippen molar-refractivity contribution in [3.8, 4) is 0 Å². The molecule has 0 amide bonds. The zero-order valence-corrected chi connectivity index (χ0v) is 5.54. The number of hydrogen-bond donors (Lipinski definition) is 2. The first kappa shape index (κ1) is 9.15. The topological polar surface area (TPSA) is 102 Å². The summed E-state index contributed by atoms with van der Waals surface area (Å²) in [6.45, 7) is 0. The van der Waals surface area contributed by atoms with Crippen LogP contribution in [0.15, 0.2) is 24.4 Å². The Kier molecular flexibility index (Phi) is 4.14. The van der Waals surface area contributed by atoms with E-state index in [4.69, 9.17) is 21.1 Å². The second-order valence-electron chi connectivity index (χ2n) is 1.49. The standard InChI is InChI=1S/C5H6N2.HNO3/c6-5-3-1-2-4-7-5;2-1(3)4/h1-4H,(H2,6,7);(H,2,3,4). The summed E-state index contributed by atoms with van der Waals surface area (Å²) in [7, 11) is 0. The normalized spacial score (nSPS) is 7.64. The van der Waals surface area contributed by atoms with Crippen molar-refractivity contribution in [2.75, 3.05) is 5.73 Å². The predicted octanol–water partition coefficient (Wildman–Crippen LogP) is 0.316. The van der Waals surface area contributed by atoms with Gasteiger partial charge < -0.3 is 10.9 Å². The second-order valence-corrected chi connectivity index (χ2v) is 1.49. The predicted molar refractivity (Wildman–Crippen MR) is 37.4 cm³/mol. The summed E-state index contributed by atoms with van der Waals surface area (Å²) in [5.41, 5.74) is 5.25. The molecule has 60 valence electrons. The Hall–Kier alpha value is -1.85. The van der Waals surface area contributed by atoms with Gasteiger partial charge in [-0.05, 0) is 12.1 Å². The van der Waals surface area contributed by atoms with Crippen LogP contribution in [0.1, 0.15) is 0 Å². The van der Waals surface area contributed by atoms with E-state index in [1.165, 1.54) is 0 Å². The summed E-state index contributed by atoms with van der Waals surface area (Å²) in [6.07, 6.45) is 1.66. The number of nitrogens with zero attached hydrogens (tertiary/aromatic N) is 2. The van der Waals surface area contributed by atoms with Gasteiger partial charge in [0.25, 0.3) is 5.09 Å². The summed E-state index contributed by atoms with van der Waals surface area (Å²) in [5.74, 6) is 0.572. The lowest BCUT2D eigenvalue weighted by Gasteiger charge is -1.82. The average molecular weight is 157 g/mol. The number of hydrogen-bond acceptors (Lipinski definition) is 4. The summed E-state index contributed by atoms with van der Waals surface area (Å²) in [6, 6.07) is 5.43. The Bertz CT molecular complexity index is 209. The van der Waals surface area contributed by atoms with Crippen LogP contribution in [-0.2, 0) is 0 Å². The van der Waals surface area contributed by atoms with Crippen molar-refractivity contribution in [2.45, 2.75) is 0 Å². The quantitative estimate of drug-likeness (QED) is 0.417. The number of anilines is 1. The minimum absolute atomic E-state index is 0.572. The minimum Gasteiger partial charge on any atom is -0.384 e. The molecule has 0 saturated carbocycles. The molecule has 11 heavy (non-hydrogen) atoms. The Morgan fingerprint density at radius 3 is 2.36 bits per heavy atom. The minimum atomic E-state index is -1.50. The first-order chi connectivity index (χ1) is 5.13. The molecular weight excluding hydrogens is 150 g/mol. The Morgan fingerprint density at radius 2 is 2.18 bits per heavy atom. The van der Waals surface area contributed by atoms with Crippen LogP contribution >= 0.6 is 0 Å². The van der Waals surface area contributed by atoms with Gasteiger partial charge in [0.05, 0.1) is 0 Å². The van der Waals surface area contributed by atoms with Gasteiger partial charge in [-0.15, -0.1) is 10.1 Å². The highest BCUT2D eigenvalue weighted by molar-refractivity contribution is 5.25. The van der Waals surface area contributed by atoms with E-state index in [1.54, 1.807) is 12.3 Å². The average Bonchev–Trinajstić information content (AvgIpc) is 1.87. The molecule has 1 rings (SSSR count). The molecule has 0 spiro atoms. The molecule has 3 N–H and O–H groups in total. The molecule has 0 radical (unpaired) electrons. The molecule has 0 saturated heterocycles. The van der Waals surface area contributed by atoms with Crippen molar-refractivity contribution in [2.24, 2.45) is 0 Å². The van der Waals surface area contributed by atoms with Gasteiger partial charge >= 0.3 is 0 Å². The van der Waals surface area contributed by atoms with E-state index in [0.29, 0.717) is 5.82 Å². The smallest absolute Gasteiger partial charge is 0.291 e. The highest BCUT2D eigenvalue weighted by atomic mass is 16.9. The van der Waals surface area contributed by atoms with Crippen molar-refractivity contribution in [1.82, 2.24) is 4.98 Å². The maximum absolute atomic E-state index is 8.36. The van der Waals surface area contributed by atoms with Crippen LogP contribution in [0, 0.1) is 10.1 Å². The largest absolute Gasteiger partial charge is 0.384 e. The van der Waals surface area contributed by atoms with Crippen LogP contribution in [-0.4, -0.2) is 15.3 Å². The molecule has 0 aliphatic rings. The zero-order chi connectivity index (χ0) is 8.69. The number of aromatic nitrogens is 1. The van der Waals surface area contributed by atoms with Crippen molar-refractivity contribution < 1.29 is 10.3 Å². The maximum atomic E-state index is 8.36. The highest BCUT2D eigenvalue weighted by Gasteiger charge is 1.73. The van der Waals surface area contributed by atoms with Crippen LogP contribution in [0.3, 0.4) is 0 Å². The molecular formula is C5H7N3O3. The molecule has 6 heteroatoms. The van der Waals surface area contributed by atoms with Crippen LogP contribution in [0.2, 0.25) is 0 Å². The van der Waals surface area contributed by atoms with Gasteiger partial charge in [-0.25, -0.2) is 4.98 Å². The maximum Gasteiger partial charge on any atom is 0.291 e. The van der Waals surface area contributed by atoms with Crippen molar-refractivity contribution in [3.63, 3.8) is 0 Å². The monoisotopic (exact) mass is 157 g/mol. The molecule has 0 fully saturated rings. The van der Waals surface area contributed by atoms with E-state index >= 15 is 0 Å². The van der Waals surface area contributed by atoms with Crippen molar-refractivity contribution in [1.29, 1.82) is 0 Å². The first-order valence-corrected chi connectivity index (χ1v) is 2.62. The SMILES string of the molecule is Nc1ccccn1.O=[N+]([O-])O. The van der Waals surface area contributed by atoms with Crippen LogP contribution < -0.4 is 5.73 Å². The molecule has 1 aromatic rings. The number of pyridine rings is 1. The van der Waals surface area contributed by atoms with Gasteiger partial charge in [0.15, 0.2) is 0 Å². The third-order valence-electron chi connectivity index (χ3n) is 0.688. The van der Waals surface area contributed by atoms with Gasteiger partial charge in [-0.1, -0.05) is 6.07 Å². The molecule has 0 atom stereocenters. The summed E-state index contributed by atoms with van der Waals surface area (Å²) in [4.78, 5) is 12.1. The van der Waals surface area contributed by atoms with Gasteiger partial charge in [0.2, 0.25) is 0 Å². The van der Waals surface area contributed by atoms with Crippen LogP contribution in [0.25, 0.3) is 0 Å². The van der Waals surface area contributed by atoms with E-state index < -0.39 is 5.09 Å². The molecule has 1 aromatic heterocycles. The lowest BCUT2D eigenvalue weighted by Crippen LogP contribution is -1.85. The fourth-order valence-corrected chi connectivity index (χ4v) is 0.376. The Morgan fingerprint density at radius 1 is 1.64 bits per heavy atom. The molecule has 0 aromatic carbocycles. The first-order valence-electron chi connectivity index (χ1n) is 2.62. The zero-order valence-electron chi connectivity index (χ0n) is 5.54. The third kappa shape index (κ3) is 8.15. The van der Waals surface area contributed by atoms with Gasteiger partial charge in [-0.2, -0.15) is 0 Å². The Balaban J connectivity index is 0.000000218. The van der Waals surface area contributed by atoms with Crippen LogP contribution in [0.5, 0.6) is 0 Å². The lowest BCUT2D eigenvalue weighted by molar-refractivity contribution is -0.742. The summed E-state index contributed by atoms with van der Waals surface area (Å²) < 4.78 is 0. The summed E-state index contributed by atoms with van der Waals surface area (Å²) in [5, 5.41) is 13.6. The van der Waals surface area contributed by atoms with Gasteiger partial charge in [0, 0.05) is 6.20 Å². The van der Waals surface area contributed by atoms with Crippen LogP contribution in [0.4, 0.5) is 5.82 Å². The number of rotatable bonds is 0. The highest BCUT2D eigenvalue weighted by Crippen LogP contribution is 1.89. The second kappa shape index (κ2) is 4.98. The molecule has 0 bridgehead atoms. The molecule has 0 unspecified atom stereocenters.